The molecule has 0 aliphatic rings. The Kier molecular flexibility index (Phi) is 6.84. The standard InChI is InChI=1S/C21H18F3N3O3/c22-13-5-6-14(17(24)11-13)18-12-27-20(30-18)8-7-19(28)25-9-10-26-21(29)15-3-1-2-4-16(15)23/h1-6,11-12H,7-10H2,(H,25,28)(H,26,29). The van der Waals surface area contributed by atoms with Crippen molar-refractivity contribution in [1.29, 1.82) is 0 Å². The first-order valence-corrected chi connectivity index (χ1v) is 9.13. The van der Waals surface area contributed by atoms with E-state index in [4.69, 9.17) is 4.42 Å². The van der Waals surface area contributed by atoms with E-state index in [0.717, 1.165) is 12.1 Å². The number of aromatic nitrogens is 1. The number of aryl methyl sites for hydroxylation is 1. The Bertz CT molecular complexity index is 1050. The second-order valence-corrected chi connectivity index (χ2v) is 6.33. The van der Waals surface area contributed by atoms with Gasteiger partial charge in [0.15, 0.2) is 11.7 Å². The molecule has 1 heterocycles. The molecule has 2 aromatic carbocycles. The first kappa shape index (κ1) is 21.1. The molecular formula is C21H18F3N3O3. The number of carbonyl (C=O) groups is 2. The van der Waals surface area contributed by atoms with Crippen LogP contribution >= 0.6 is 0 Å². The van der Waals surface area contributed by atoms with E-state index in [2.05, 4.69) is 15.6 Å². The Morgan fingerprint density at radius 3 is 2.50 bits per heavy atom. The lowest BCUT2D eigenvalue weighted by molar-refractivity contribution is -0.121. The molecular weight excluding hydrogens is 399 g/mol. The first-order valence-electron chi connectivity index (χ1n) is 9.13. The fraction of sp³-hybridized carbons (Fsp3) is 0.190. The van der Waals surface area contributed by atoms with Crippen LogP contribution in [0, 0.1) is 17.5 Å². The average molecular weight is 417 g/mol. The molecule has 0 radical (unpaired) electrons. The number of hydrogen-bond acceptors (Lipinski definition) is 4. The lowest BCUT2D eigenvalue weighted by Crippen LogP contribution is -2.35. The van der Waals surface area contributed by atoms with E-state index in [0.29, 0.717) is 0 Å². The number of rotatable bonds is 8. The van der Waals surface area contributed by atoms with Crippen LogP contribution < -0.4 is 10.6 Å². The third-order valence-electron chi connectivity index (χ3n) is 4.17. The van der Waals surface area contributed by atoms with Crippen LogP contribution in [0.2, 0.25) is 0 Å². The van der Waals surface area contributed by atoms with Gasteiger partial charge in [0, 0.05) is 32.0 Å². The quantitative estimate of drug-likeness (QED) is 0.551. The van der Waals surface area contributed by atoms with Crippen LogP contribution in [0.5, 0.6) is 0 Å². The van der Waals surface area contributed by atoms with Gasteiger partial charge in [0.2, 0.25) is 5.91 Å². The van der Waals surface area contributed by atoms with Gasteiger partial charge in [-0.3, -0.25) is 9.59 Å². The summed E-state index contributed by atoms with van der Waals surface area (Å²) in [6.45, 7) is 0.294. The number of hydrogen-bond donors (Lipinski definition) is 2. The van der Waals surface area contributed by atoms with Crippen molar-refractivity contribution >= 4 is 11.8 Å². The van der Waals surface area contributed by atoms with E-state index >= 15 is 0 Å². The lowest BCUT2D eigenvalue weighted by Gasteiger charge is -2.07. The topological polar surface area (TPSA) is 84.2 Å². The molecule has 156 valence electrons. The van der Waals surface area contributed by atoms with Gasteiger partial charge in [-0.25, -0.2) is 18.2 Å². The third-order valence-corrected chi connectivity index (χ3v) is 4.17. The predicted octanol–water partition coefficient (Wildman–Crippen LogP) is 3.24. The normalized spacial score (nSPS) is 10.6. The van der Waals surface area contributed by atoms with Crippen molar-refractivity contribution in [3.63, 3.8) is 0 Å². The van der Waals surface area contributed by atoms with Crippen molar-refractivity contribution in [3.8, 4) is 11.3 Å². The van der Waals surface area contributed by atoms with Crippen molar-refractivity contribution in [1.82, 2.24) is 15.6 Å². The van der Waals surface area contributed by atoms with Gasteiger partial charge in [-0.2, -0.15) is 0 Å². The van der Waals surface area contributed by atoms with Gasteiger partial charge < -0.3 is 15.1 Å². The van der Waals surface area contributed by atoms with Crippen molar-refractivity contribution < 1.29 is 27.2 Å². The summed E-state index contributed by atoms with van der Waals surface area (Å²) in [5, 5.41) is 5.12. The van der Waals surface area contributed by atoms with Gasteiger partial charge >= 0.3 is 0 Å². The van der Waals surface area contributed by atoms with Crippen LogP contribution in [0.25, 0.3) is 11.3 Å². The molecule has 0 saturated heterocycles. The zero-order valence-corrected chi connectivity index (χ0v) is 15.8. The molecule has 3 rings (SSSR count). The molecule has 30 heavy (non-hydrogen) atoms. The fourth-order valence-corrected chi connectivity index (χ4v) is 2.67. The Labute approximate surface area is 170 Å². The molecule has 0 spiro atoms. The minimum Gasteiger partial charge on any atom is -0.441 e. The summed E-state index contributed by atoms with van der Waals surface area (Å²) >= 11 is 0. The summed E-state index contributed by atoms with van der Waals surface area (Å²) in [5.41, 5.74) is 0.00584. The maximum absolute atomic E-state index is 13.8. The molecule has 0 bridgehead atoms. The highest BCUT2D eigenvalue weighted by Gasteiger charge is 2.13. The molecule has 9 heteroatoms. The molecule has 0 aliphatic heterocycles. The lowest BCUT2D eigenvalue weighted by atomic mass is 10.2. The molecule has 3 aromatic rings. The zero-order valence-electron chi connectivity index (χ0n) is 15.8. The second kappa shape index (κ2) is 9.73. The van der Waals surface area contributed by atoms with E-state index in [-0.39, 0.29) is 54.6 Å². The van der Waals surface area contributed by atoms with E-state index in [9.17, 15) is 22.8 Å². The van der Waals surface area contributed by atoms with E-state index in [1.54, 1.807) is 6.07 Å². The predicted molar refractivity (Wildman–Crippen MR) is 102 cm³/mol. The maximum atomic E-state index is 13.8. The molecule has 2 amide bonds. The highest BCUT2D eigenvalue weighted by Crippen LogP contribution is 2.24. The second-order valence-electron chi connectivity index (χ2n) is 6.33. The summed E-state index contributed by atoms with van der Waals surface area (Å²) in [4.78, 5) is 27.7. The number of benzene rings is 2. The average Bonchev–Trinajstić information content (AvgIpc) is 3.18. The molecule has 2 N–H and O–H groups in total. The van der Waals surface area contributed by atoms with Crippen LogP contribution in [0.3, 0.4) is 0 Å². The number of nitrogens with one attached hydrogen (secondary N) is 2. The highest BCUT2D eigenvalue weighted by molar-refractivity contribution is 5.94. The third kappa shape index (κ3) is 5.47. The smallest absolute Gasteiger partial charge is 0.254 e. The molecule has 1 aromatic heterocycles. The van der Waals surface area contributed by atoms with Crippen LogP contribution in [0.1, 0.15) is 22.7 Å². The van der Waals surface area contributed by atoms with Crippen LogP contribution in [0.15, 0.2) is 53.1 Å². The van der Waals surface area contributed by atoms with Gasteiger partial charge in [-0.1, -0.05) is 12.1 Å². The summed E-state index contributed by atoms with van der Waals surface area (Å²) in [6, 6.07) is 8.70. The van der Waals surface area contributed by atoms with Gasteiger partial charge in [0.1, 0.15) is 17.5 Å². The van der Waals surface area contributed by atoms with Crippen LogP contribution in [0.4, 0.5) is 13.2 Å². The summed E-state index contributed by atoms with van der Waals surface area (Å²) in [7, 11) is 0. The summed E-state index contributed by atoms with van der Waals surface area (Å²) < 4.78 is 45.7. The van der Waals surface area contributed by atoms with Crippen molar-refractivity contribution in [3.05, 3.63) is 77.6 Å². The molecule has 0 atom stereocenters. The van der Waals surface area contributed by atoms with E-state index < -0.39 is 23.4 Å². The Morgan fingerprint density at radius 1 is 0.967 bits per heavy atom. The Hall–Kier alpha value is -3.62. The van der Waals surface area contributed by atoms with E-state index in [1.807, 2.05) is 0 Å². The van der Waals surface area contributed by atoms with Crippen molar-refractivity contribution in [2.75, 3.05) is 13.1 Å². The maximum Gasteiger partial charge on any atom is 0.254 e. The van der Waals surface area contributed by atoms with Gasteiger partial charge in [-0.15, -0.1) is 0 Å². The van der Waals surface area contributed by atoms with Gasteiger partial charge in [-0.05, 0) is 24.3 Å². The first-order chi connectivity index (χ1) is 14.4. The zero-order chi connectivity index (χ0) is 21.5. The Balaban J connectivity index is 1.40. The number of halogens is 3. The molecule has 6 nitrogen and oxygen atoms in total. The van der Waals surface area contributed by atoms with E-state index in [1.165, 1.54) is 30.5 Å². The summed E-state index contributed by atoms with van der Waals surface area (Å²) in [5.74, 6) is -2.59. The SMILES string of the molecule is O=C(CCc1ncc(-c2ccc(F)cc2F)o1)NCCNC(=O)c1ccccc1F. The fourth-order valence-electron chi connectivity index (χ4n) is 2.67. The monoisotopic (exact) mass is 417 g/mol. The number of nitrogens with zero attached hydrogens (tertiary/aromatic N) is 1. The number of carbonyl (C=O) groups excluding carboxylic acids is 2. The van der Waals surface area contributed by atoms with Crippen molar-refractivity contribution in [2.24, 2.45) is 0 Å². The minimum absolute atomic E-state index is 0.0626. The minimum atomic E-state index is -0.770. The van der Waals surface area contributed by atoms with Crippen molar-refractivity contribution in [2.45, 2.75) is 12.8 Å². The van der Waals surface area contributed by atoms with Gasteiger partial charge in [0.25, 0.3) is 5.91 Å². The van der Waals surface area contributed by atoms with Crippen LogP contribution in [-0.4, -0.2) is 29.9 Å². The molecule has 0 unspecified atom stereocenters. The Morgan fingerprint density at radius 2 is 1.73 bits per heavy atom. The largest absolute Gasteiger partial charge is 0.441 e. The molecule has 0 fully saturated rings. The number of oxazole rings is 1. The molecule has 0 aliphatic carbocycles. The van der Waals surface area contributed by atoms with Crippen LogP contribution in [-0.2, 0) is 11.2 Å². The molecule has 0 saturated carbocycles. The number of amides is 2. The van der Waals surface area contributed by atoms with Gasteiger partial charge in [0.05, 0.1) is 17.3 Å². The highest BCUT2D eigenvalue weighted by atomic mass is 19.1. The summed E-state index contributed by atoms with van der Waals surface area (Å²) in [6.07, 6.45) is 1.55.